The molecule has 1 aliphatic carbocycles. The quantitative estimate of drug-likeness (QED) is 0.703. The summed E-state index contributed by atoms with van der Waals surface area (Å²) in [5.74, 6) is 0.978. The third-order valence-corrected chi connectivity index (χ3v) is 3.40. The Bertz CT molecular complexity index is 304. The van der Waals surface area contributed by atoms with Crippen LogP contribution in [0.2, 0.25) is 0 Å². The molecule has 0 spiro atoms. The Balaban J connectivity index is 1.61. The van der Waals surface area contributed by atoms with Crippen LogP contribution in [-0.2, 0) is 6.54 Å². The summed E-state index contributed by atoms with van der Waals surface area (Å²) >= 11 is 0. The van der Waals surface area contributed by atoms with Gasteiger partial charge in [-0.15, -0.1) is 0 Å². The van der Waals surface area contributed by atoms with Crippen LogP contribution in [0.4, 0.5) is 0 Å². The lowest BCUT2D eigenvalue weighted by atomic mass is 10.2. The minimum atomic E-state index is 0.659. The summed E-state index contributed by atoms with van der Waals surface area (Å²) in [6.45, 7) is 8.97. The van der Waals surface area contributed by atoms with Crippen molar-refractivity contribution >= 4 is 0 Å². The van der Waals surface area contributed by atoms with E-state index in [1.54, 1.807) is 12.5 Å². The second kappa shape index (κ2) is 6.22. The fourth-order valence-corrected chi connectivity index (χ4v) is 2.04. The molecule has 0 bridgehead atoms. The molecule has 1 fully saturated rings. The van der Waals surface area contributed by atoms with E-state index in [1.807, 2.05) is 6.07 Å². The number of hydrogen-bond donors (Lipinski definition) is 1. The lowest BCUT2D eigenvalue weighted by Gasteiger charge is -2.26. The van der Waals surface area contributed by atoms with Gasteiger partial charge in [0, 0.05) is 37.8 Å². The van der Waals surface area contributed by atoms with Gasteiger partial charge in [0.05, 0.1) is 12.5 Å². The Morgan fingerprint density at radius 3 is 2.88 bits per heavy atom. The minimum Gasteiger partial charge on any atom is -0.472 e. The smallest absolute Gasteiger partial charge is 0.0947 e. The highest BCUT2D eigenvalue weighted by Crippen LogP contribution is 2.30. The van der Waals surface area contributed by atoms with Gasteiger partial charge in [0.25, 0.3) is 0 Å². The van der Waals surface area contributed by atoms with Gasteiger partial charge in [-0.3, -0.25) is 4.90 Å². The molecule has 0 amide bonds. The Morgan fingerprint density at radius 2 is 2.29 bits per heavy atom. The highest BCUT2D eigenvalue weighted by molar-refractivity contribution is 5.04. The topological polar surface area (TPSA) is 28.4 Å². The van der Waals surface area contributed by atoms with E-state index >= 15 is 0 Å². The summed E-state index contributed by atoms with van der Waals surface area (Å²) in [4.78, 5) is 2.58. The zero-order chi connectivity index (χ0) is 12.1. The van der Waals surface area contributed by atoms with Crippen molar-refractivity contribution in [2.75, 3.05) is 19.6 Å². The van der Waals surface area contributed by atoms with E-state index in [-0.39, 0.29) is 0 Å². The summed E-state index contributed by atoms with van der Waals surface area (Å²) in [6, 6.07) is 2.67. The fraction of sp³-hybridized carbons (Fsp3) is 0.714. The molecule has 0 saturated heterocycles. The zero-order valence-electron chi connectivity index (χ0n) is 11.0. The molecule has 0 unspecified atom stereocenters. The van der Waals surface area contributed by atoms with Crippen LogP contribution in [0.3, 0.4) is 0 Å². The molecule has 1 saturated carbocycles. The van der Waals surface area contributed by atoms with Gasteiger partial charge in [-0.05, 0) is 38.7 Å². The van der Waals surface area contributed by atoms with Crippen LogP contribution in [0.25, 0.3) is 0 Å². The maximum atomic E-state index is 5.04. The Morgan fingerprint density at radius 1 is 1.47 bits per heavy atom. The van der Waals surface area contributed by atoms with E-state index in [9.17, 15) is 0 Å². The number of nitrogens with zero attached hydrogens (tertiary/aromatic N) is 1. The van der Waals surface area contributed by atoms with Crippen molar-refractivity contribution in [2.45, 2.75) is 39.3 Å². The normalized spacial score (nSPS) is 16.0. The van der Waals surface area contributed by atoms with E-state index in [2.05, 4.69) is 24.1 Å². The van der Waals surface area contributed by atoms with Crippen LogP contribution in [0.15, 0.2) is 23.0 Å². The summed E-state index contributed by atoms with van der Waals surface area (Å²) in [6.07, 6.45) is 6.40. The van der Waals surface area contributed by atoms with E-state index in [0.29, 0.717) is 6.04 Å². The molecule has 3 heteroatoms. The SMILES string of the molecule is CC(C)N(CCNCc1ccoc1)CC1CC1. The van der Waals surface area contributed by atoms with Gasteiger partial charge in [0.15, 0.2) is 0 Å². The van der Waals surface area contributed by atoms with Gasteiger partial charge in [0.1, 0.15) is 0 Å². The van der Waals surface area contributed by atoms with Crippen molar-refractivity contribution < 1.29 is 4.42 Å². The van der Waals surface area contributed by atoms with Crippen molar-refractivity contribution in [2.24, 2.45) is 5.92 Å². The lowest BCUT2D eigenvalue weighted by molar-refractivity contribution is 0.213. The Kier molecular flexibility index (Phi) is 4.63. The number of furan rings is 1. The molecule has 3 nitrogen and oxygen atoms in total. The first kappa shape index (κ1) is 12.7. The highest BCUT2D eigenvalue weighted by Gasteiger charge is 2.24. The van der Waals surface area contributed by atoms with Gasteiger partial charge in [-0.1, -0.05) is 0 Å². The van der Waals surface area contributed by atoms with Gasteiger partial charge >= 0.3 is 0 Å². The molecule has 96 valence electrons. The highest BCUT2D eigenvalue weighted by atomic mass is 16.3. The van der Waals surface area contributed by atoms with Crippen LogP contribution in [-0.4, -0.2) is 30.6 Å². The van der Waals surface area contributed by atoms with Crippen LogP contribution in [0, 0.1) is 5.92 Å². The van der Waals surface area contributed by atoms with Crippen molar-refractivity contribution in [1.29, 1.82) is 0 Å². The minimum absolute atomic E-state index is 0.659. The molecule has 1 heterocycles. The molecule has 1 aromatic rings. The number of hydrogen-bond acceptors (Lipinski definition) is 3. The zero-order valence-corrected chi connectivity index (χ0v) is 11.0. The average molecular weight is 236 g/mol. The standard InChI is InChI=1S/C14H24N2O/c1-12(2)16(10-13-3-4-13)7-6-15-9-14-5-8-17-11-14/h5,8,11-13,15H,3-4,6-7,9-10H2,1-2H3. The second-order valence-corrected chi connectivity index (χ2v) is 5.34. The Labute approximate surface area is 104 Å². The maximum absolute atomic E-state index is 5.04. The largest absolute Gasteiger partial charge is 0.472 e. The summed E-state index contributed by atoms with van der Waals surface area (Å²) in [5, 5.41) is 3.47. The van der Waals surface area contributed by atoms with Crippen LogP contribution in [0.1, 0.15) is 32.3 Å². The first-order valence-corrected chi connectivity index (χ1v) is 6.71. The molecule has 0 atom stereocenters. The molecule has 1 aliphatic rings. The molecule has 17 heavy (non-hydrogen) atoms. The average Bonchev–Trinajstić information content (AvgIpc) is 2.96. The summed E-state index contributed by atoms with van der Waals surface area (Å²) in [5.41, 5.74) is 1.23. The van der Waals surface area contributed by atoms with Crippen LogP contribution in [0.5, 0.6) is 0 Å². The van der Waals surface area contributed by atoms with E-state index in [0.717, 1.165) is 25.6 Å². The predicted octanol–water partition coefficient (Wildman–Crippen LogP) is 2.49. The molecule has 0 aromatic carbocycles. The van der Waals surface area contributed by atoms with Crippen LogP contribution < -0.4 is 5.32 Å². The van der Waals surface area contributed by atoms with Crippen molar-refractivity contribution in [3.8, 4) is 0 Å². The van der Waals surface area contributed by atoms with Gasteiger partial charge in [-0.2, -0.15) is 0 Å². The molecule has 2 rings (SSSR count). The van der Waals surface area contributed by atoms with Crippen molar-refractivity contribution in [3.05, 3.63) is 24.2 Å². The predicted molar refractivity (Wildman–Crippen MR) is 69.8 cm³/mol. The van der Waals surface area contributed by atoms with Crippen LogP contribution >= 0.6 is 0 Å². The van der Waals surface area contributed by atoms with Gasteiger partial charge in [0.2, 0.25) is 0 Å². The van der Waals surface area contributed by atoms with E-state index in [4.69, 9.17) is 4.42 Å². The molecule has 1 N–H and O–H groups in total. The molecular formula is C14H24N2O. The second-order valence-electron chi connectivity index (χ2n) is 5.34. The molecular weight excluding hydrogens is 212 g/mol. The third kappa shape index (κ3) is 4.52. The lowest BCUT2D eigenvalue weighted by Crippen LogP contribution is -2.38. The van der Waals surface area contributed by atoms with Gasteiger partial charge < -0.3 is 9.73 Å². The van der Waals surface area contributed by atoms with Gasteiger partial charge in [-0.25, -0.2) is 0 Å². The molecule has 0 radical (unpaired) electrons. The third-order valence-electron chi connectivity index (χ3n) is 3.40. The van der Waals surface area contributed by atoms with Crippen molar-refractivity contribution in [1.82, 2.24) is 10.2 Å². The summed E-state index contributed by atoms with van der Waals surface area (Å²) < 4.78 is 5.04. The maximum Gasteiger partial charge on any atom is 0.0947 e. The molecule has 0 aliphatic heterocycles. The first-order valence-electron chi connectivity index (χ1n) is 6.71. The first-order chi connectivity index (χ1) is 8.25. The summed E-state index contributed by atoms with van der Waals surface area (Å²) in [7, 11) is 0. The van der Waals surface area contributed by atoms with Crippen molar-refractivity contribution in [3.63, 3.8) is 0 Å². The number of rotatable bonds is 8. The number of nitrogens with one attached hydrogen (secondary N) is 1. The fourth-order valence-electron chi connectivity index (χ4n) is 2.04. The monoisotopic (exact) mass is 236 g/mol. The Hall–Kier alpha value is -0.800. The van der Waals surface area contributed by atoms with E-state index < -0.39 is 0 Å². The molecule has 1 aromatic heterocycles. The van der Waals surface area contributed by atoms with E-state index in [1.165, 1.54) is 24.9 Å².